The normalized spacial score (nSPS) is 23.6. The summed E-state index contributed by atoms with van der Waals surface area (Å²) in [5.41, 5.74) is 0.387. The first kappa shape index (κ1) is 20.7. The number of methoxy groups -OCH3 is 1. The third kappa shape index (κ3) is 4.89. The zero-order valence-electron chi connectivity index (χ0n) is 16.4. The number of ether oxygens (including phenoxy) is 2. The van der Waals surface area contributed by atoms with Crippen molar-refractivity contribution in [2.45, 2.75) is 31.7 Å². The number of halogens is 1. The molecule has 2 amide bonds. The zero-order chi connectivity index (χ0) is 19.9. The van der Waals surface area contributed by atoms with Gasteiger partial charge in [-0.25, -0.2) is 4.39 Å². The maximum Gasteiger partial charge on any atom is 0.225 e. The van der Waals surface area contributed by atoms with Crippen molar-refractivity contribution >= 4 is 11.8 Å². The average Bonchev–Trinajstić information content (AvgIpc) is 2.72. The molecule has 28 heavy (non-hydrogen) atoms. The molecule has 2 atom stereocenters. The van der Waals surface area contributed by atoms with Crippen LogP contribution < -0.4 is 5.32 Å². The number of nitrogens with one attached hydrogen (secondary N) is 1. The number of likely N-dealkylation sites (tertiary alicyclic amines) is 1. The van der Waals surface area contributed by atoms with Gasteiger partial charge in [0.05, 0.1) is 18.6 Å². The van der Waals surface area contributed by atoms with Gasteiger partial charge in [-0.05, 0) is 31.2 Å². The van der Waals surface area contributed by atoms with Gasteiger partial charge < -0.3 is 19.7 Å². The molecule has 2 fully saturated rings. The topological polar surface area (TPSA) is 67.9 Å². The largest absolute Gasteiger partial charge is 0.383 e. The Labute approximate surface area is 165 Å². The molecule has 0 aliphatic carbocycles. The van der Waals surface area contributed by atoms with E-state index >= 15 is 0 Å². The smallest absolute Gasteiger partial charge is 0.225 e. The van der Waals surface area contributed by atoms with E-state index in [4.69, 9.17) is 9.47 Å². The predicted molar refractivity (Wildman–Crippen MR) is 102 cm³/mol. The first-order valence-corrected chi connectivity index (χ1v) is 10.00. The molecule has 1 aromatic carbocycles. The van der Waals surface area contributed by atoms with Crippen LogP contribution in [0.3, 0.4) is 0 Å². The number of rotatable bonds is 7. The number of carbonyl (C=O) groups excluding carboxylic acids is 2. The molecular weight excluding hydrogens is 363 g/mol. The van der Waals surface area contributed by atoms with Crippen LogP contribution in [-0.4, -0.2) is 56.7 Å². The molecule has 0 spiro atoms. The Hall–Kier alpha value is -1.99. The van der Waals surface area contributed by atoms with E-state index in [2.05, 4.69) is 5.32 Å². The van der Waals surface area contributed by atoms with Gasteiger partial charge in [0.25, 0.3) is 0 Å². The van der Waals surface area contributed by atoms with Crippen molar-refractivity contribution in [2.24, 2.45) is 11.8 Å². The molecule has 1 N–H and O–H groups in total. The third-order valence-electron chi connectivity index (χ3n) is 5.71. The quantitative estimate of drug-likeness (QED) is 0.773. The summed E-state index contributed by atoms with van der Waals surface area (Å²) in [5, 5.41) is 3.05. The van der Waals surface area contributed by atoms with Gasteiger partial charge in [-0.3, -0.25) is 9.59 Å². The molecule has 7 heteroatoms. The van der Waals surface area contributed by atoms with Crippen LogP contribution in [0, 0.1) is 17.7 Å². The maximum absolute atomic E-state index is 14.6. The lowest BCUT2D eigenvalue weighted by molar-refractivity contribution is -0.144. The average molecular weight is 392 g/mol. The Morgan fingerprint density at radius 1 is 1.29 bits per heavy atom. The molecule has 0 saturated carbocycles. The van der Waals surface area contributed by atoms with Crippen molar-refractivity contribution in [3.63, 3.8) is 0 Å². The van der Waals surface area contributed by atoms with Gasteiger partial charge in [-0.2, -0.15) is 0 Å². The summed E-state index contributed by atoms with van der Waals surface area (Å²) in [5.74, 6) is -0.661. The Kier molecular flexibility index (Phi) is 7.39. The summed E-state index contributed by atoms with van der Waals surface area (Å²) in [7, 11) is 1.56. The van der Waals surface area contributed by atoms with Crippen molar-refractivity contribution in [1.82, 2.24) is 10.2 Å². The molecule has 0 radical (unpaired) electrons. The second kappa shape index (κ2) is 9.98. The molecular formula is C21H29FN2O4. The lowest BCUT2D eigenvalue weighted by Gasteiger charge is -2.41. The molecule has 2 saturated heterocycles. The molecule has 0 unspecified atom stereocenters. The van der Waals surface area contributed by atoms with Gasteiger partial charge in [-0.15, -0.1) is 0 Å². The second-order valence-electron chi connectivity index (χ2n) is 7.49. The highest BCUT2D eigenvalue weighted by atomic mass is 19.1. The van der Waals surface area contributed by atoms with Gasteiger partial charge in [0.15, 0.2) is 0 Å². The molecule has 0 aromatic heterocycles. The van der Waals surface area contributed by atoms with E-state index in [1.807, 2.05) is 0 Å². The highest BCUT2D eigenvalue weighted by Crippen LogP contribution is 2.38. The van der Waals surface area contributed by atoms with Gasteiger partial charge in [0.2, 0.25) is 11.8 Å². The van der Waals surface area contributed by atoms with Crippen LogP contribution in [0.4, 0.5) is 4.39 Å². The lowest BCUT2D eigenvalue weighted by atomic mass is 9.83. The van der Waals surface area contributed by atoms with Crippen LogP contribution >= 0.6 is 0 Å². The molecule has 6 nitrogen and oxygen atoms in total. The first-order chi connectivity index (χ1) is 13.6. The number of hydrogen-bond donors (Lipinski definition) is 1. The number of hydrogen-bond acceptors (Lipinski definition) is 4. The van der Waals surface area contributed by atoms with Crippen molar-refractivity contribution in [3.05, 3.63) is 35.6 Å². The summed E-state index contributed by atoms with van der Waals surface area (Å²) in [6.07, 6.45) is 2.56. The van der Waals surface area contributed by atoms with E-state index in [9.17, 15) is 14.0 Å². The fraction of sp³-hybridized carbons (Fsp3) is 0.619. The number of amides is 2. The van der Waals surface area contributed by atoms with Crippen LogP contribution in [0.2, 0.25) is 0 Å². The van der Waals surface area contributed by atoms with Crippen molar-refractivity contribution < 1.29 is 23.5 Å². The number of nitrogens with zero attached hydrogens (tertiary/aromatic N) is 1. The fourth-order valence-electron chi connectivity index (χ4n) is 4.11. The SMILES string of the molecule is COCCN1C(=O)CC[C@@H](C(=O)NCC2CCOCC2)[C@@H]1c1ccccc1F. The van der Waals surface area contributed by atoms with E-state index in [0.29, 0.717) is 37.6 Å². The van der Waals surface area contributed by atoms with E-state index in [1.165, 1.54) is 6.07 Å². The van der Waals surface area contributed by atoms with Crippen LogP contribution in [-0.2, 0) is 19.1 Å². The Bertz CT molecular complexity index is 678. The van der Waals surface area contributed by atoms with Crippen molar-refractivity contribution in [3.8, 4) is 0 Å². The van der Waals surface area contributed by atoms with E-state index in [0.717, 1.165) is 26.1 Å². The third-order valence-corrected chi connectivity index (χ3v) is 5.71. The van der Waals surface area contributed by atoms with Crippen molar-refractivity contribution in [1.29, 1.82) is 0 Å². The van der Waals surface area contributed by atoms with Crippen LogP contribution in [0.5, 0.6) is 0 Å². The maximum atomic E-state index is 14.6. The number of piperidine rings is 1. The molecule has 2 aliphatic heterocycles. The Morgan fingerprint density at radius 3 is 2.75 bits per heavy atom. The molecule has 0 bridgehead atoms. The molecule has 2 heterocycles. The molecule has 154 valence electrons. The van der Waals surface area contributed by atoms with Gasteiger partial charge in [-0.1, -0.05) is 18.2 Å². The first-order valence-electron chi connectivity index (χ1n) is 10.00. The molecule has 3 rings (SSSR count). The minimum Gasteiger partial charge on any atom is -0.383 e. The minimum atomic E-state index is -0.618. The van der Waals surface area contributed by atoms with Gasteiger partial charge >= 0.3 is 0 Å². The molecule has 2 aliphatic rings. The molecule has 1 aromatic rings. The van der Waals surface area contributed by atoms with Gasteiger partial charge in [0.1, 0.15) is 5.82 Å². The van der Waals surface area contributed by atoms with Gasteiger partial charge in [0, 0.05) is 45.4 Å². The summed E-state index contributed by atoms with van der Waals surface area (Å²) in [6.45, 7) is 2.71. The highest BCUT2D eigenvalue weighted by Gasteiger charge is 2.41. The van der Waals surface area contributed by atoms with Crippen LogP contribution in [0.25, 0.3) is 0 Å². The second-order valence-corrected chi connectivity index (χ2v) is 7.49. The Balaban J connectivity index is 1.79. The highest BCUT2D eigenvalue weighted by molar-refractivity contribution is 5.85. The van der Waals surface area contributed by atoms with E-state index < -0.39 is 17.8 Å². The summed E-state index contributed by atoms with van der Waals surface area (Å²) >= 11 is 0. The van der Waals surface area contributed by atoms with E-state index in [-0.39, 0.29) is 18.2 Å². The summed E-state index contributed by atoms with van der Waals surface area (Å²) < 4.78 is 25.1. The predicted octanol–water partition coefficient (Wildman–Crippen LogP) is 2.29. The lowest BCUT2D eigenvalue weighted by Crippen LogP contribution is -2.49. The standard InChI is InChI=1S/C21H29FN2O4/c1-27-13-10-24-19(25)7-6-17(20(24)16-4-2-3-5-18(16)22)21(26)23-14-15-8-11-28-12-9-15/h2-5,15,17,20H,6-14H2,1H3,(H,23,26)/t17-,20+/m1/s1. The summed E-state index contributed by atoms with van der Waals surface area (Å²) in [6, 6.07) is 5.77. The van der Waals surface area contributed by atoms with Crippen LogP contribution in [0.15, 0.2) is 24.3 Å². The van der Waals surface area contributed by atoms with Crippen LogP contribution in [0.1, 0.15) is 37.3 Å². The monoisotopic (exact) mass is 392 g/mol. The number of carbonyl (C=O) groups is 2. The van der Waals surface area contributed by atoms with E-state index in [1.54, 1.807) is 30.2 Å². The zero-order valence-corrected chi connectivity index (χ0v) is 16.4. The summed E-state index contributed by atoms with van der Waals surface area (Å²) in [4.78, 5) is 27.2. The number of benzene rings is 1. The Morgan fingerprint density at radius 2 is 2.04 bits per heavy atom. The van der Waals surface area contributed by atoms with Crippen molar-refractivity contribution in [2.75, 3.05) is 40.0 Å². The minimum absolute atomic E-state index is 0.0706. The fourth-order valence-corrected chi connectivity index (χ4v) is 4.11.